The number of hydrogen-bond acceptors (Lipinski definition) is 4. The zero-order valence-corrected chi connectivity index (χ0v) is 19.2. The standard InChI is InChI=1S/C23H30FN3O3S/c1-15(2)25-23(29)27(16(3)4)13-22(28)26-10-8-21-19(9-11-31-21)20(26)14-30-18-7-5-6-17(24)12-18/h5-7,9,11-12,15-16,20H,8,10,13-14H2,1-4H3,(H,25,29)/t20-/m1/s1. The summed E-state index contributed by atoms with van der Waals surface area (Å²) in [4.78, 5) is 30.5. The molecule has 1 aromatic heterocycles. The van der Waals surface area contributed by atoms with Crippen molar-refractivity contribution in [1.29, 1.82) is 0 Å². The molecule has 0 saturated carbocycles. The number of amides is 3. The minimum absolute atomic E-state index is 0.00778. The Kier molecular flexibility index (Phi) is 7.54. The van der Waals surface area contributed by atoms with Crippen molar-refractivity contribution in [1.82, 2.24) is 15.1 Å². The van der Waals surface area contributed by atoms with Gasteiger partial charge in [-0.1, -0.05) is 6.07 Å². The van der Waals surface area contributed by atoms with E-state index < -0.39 is 0 Å². The number of nitrogens with zero attached hydrogens (tertiary/aromatic N) is 2. The number of rotatable bonds is 7. The molecule has 3 amide bonds. The van der Waals surface area contributed by atoms with Gasteiger partial charge in [0.1, 0.15) is 24.7 Å². The fourth-order valence-corrected chi connectivity index (χ4v) is 4.59. The monoisotopic (exact) mass is 447 g/mol. The van der Waals surface area contributed by atoms with Crippen molar-refractivity contribution < 1.29 is 18.7 Å². The molecule has 1 aliphatic rings. The van der Waals surface area contributed by atoms with Crippen LogP contribution in [0.3, 0.4) is 0 Å². The van der Waals surface area contributed by atoms with Crippen molar-refractivity contribution in [3.8, 4) is 5.75 Å². The molecule has 2 heterocycles. The molecule has 1 aliphatic heterocycles. The second-order valence-electron chi connectivity index (χ2n) is 8.25. The Bertz CT molecular complexity index is 915. The summed E-state index contributed by atoms with van der Waals surface area (Å²) < 4.78 is 19.4. The Labute approximate surface area is 187 Å². The highest BCUT2D eigenvalue weighted by atomic mass is 32.1. The summed E-state index contributed by atoms with van der Waals surface area (Å²) in [7, 11) is 0. The third kappa shape index (κ3) is 5.76. The molecule has 0 aliphatic carbocycles. The van der Waals surface area contributed by atoms with Crippen molar-refractivity contribution in [2.24, 2.45) is 0 Å². The van der Waals surface area contributed by atoms with Crippen LogP contribution < -0.4 is 10.1 Å². The van der Waals surface area contributed by atoms with Gasteiger partial charge in [-0.05, 0) is 63.3 Å². The molecule has 0 radical (unpaired) electrons. The van der Waals surface area contributed by atoms with Gasteiger partial charge < -0.3 is 19.9 Å². The van der Waals surface area contributed by atoms with E-state index in [2.05, 4.69) is 5.32 Å². The van der Waals surface area contributed by atoms with E-state index in [0.29, 0.717) is 12.3 Å². The van der Waals surface area contributed by atoms with E-state index in [9.17, 15) is 14.0 Å². The van der Waals surface area contributed by atoms with Gasteiger partial charge in [0.15, 0.2) is 0 Å². The second kappa shape index (κ2) is 10.1. The molecule has 0 fully saturated rings. The molecule has 0 unspecified atom stereocenters. The van der Waals surface area contributed by atoms with Crippen LogP contribution in [0, 0.1) is 5.82 Å². The van der Waals surface area contributed by atoms with Crippen LogP contribution >= 0.6 is 11.3 Å². The third-order valence-corrected chi connectivity index (χ3v) is 6.22. The molecule has 6 nitrogen and oxygen atoms in total. The van der Waals surface area contributed by atoms with E-state index in [4.69, 9.17) is 4.74 Å². The highest BCUT2D eigenvalue weighted by Gasteiger charge is 2.34. The first-order valence-electron chi connectivity index (χ1n) is 10.6. The molecule has 1 aromatic carbocycles. The summed E-state index contributed by atoms with van der Waals surface area (Å²) in [6, 6.07) is 7.34. The van der Waals surface area contributed by atoms with Crippen LogP contribution in [0.25, 0.3) is 0 Å². The fraction of sp³-hybridized carbons (Fsp3) is 0.478. The lowest BCUT2D eigenvalue weighted by Crippen LogP contribution is -2.52. The van der Waals surface area contributed by atoms with E-state index in [0.717, 1.165) is 12.0 Å². The Morgan fingerprint density at radius 2 is 2.06 bits per heavy atom. The summed E-state index contributed by atoms with van der Waals surface area (Å²) in [6.07, 6.45) is 0.773. The van der Waals surface area contributed by atoms with Crippen LogP contribution in [0.4, 0.5) is 9.18 Å². The van der Waals surface area contributed by atoms with Gasteiger partial charge in [-0.2, -0.15) is 0 Å². The first-order chi connectivity index (χ1) is 14.8. The quantitative estimate of drug-likeness (QED) is 0.691. The van der Waals surface area contributed by atoms with Gasteiger partial charge in [0.25, 0.3) is 0 Å². The maximum Gasteiger partial charge on any atom is 0.318 e. The highest BCUT2D eigenvalue weighted by Crippen LogP contribution is 2.34. The topological polar surface area (TPSA) is 61.9 Å². The SMILES string of the molecule is CC(C)NC(=O)N(CC(=O)N1CCc2sccc2[C@H]1COc1cccc(F)c1)C(C)C. The smallest absolute Gasteiger partial charge is 0.318 e. The summed E-state index contributed by atoms with van der Waals surface area (Å²) >= 11 is 1.67. The normalized spacial score (nSPS) is 15.7. The number of hydrogen-bond donors (Lipinski definition) is 1. The molecule has 8 heteroatoms. The first kappa shape index (κ1) is 23.1. The lowest BCUT2D eigenvalue weighted by atomic mass is 10.0. The van der Waals surface area contributed by atoms with Crippen molar-refractivity contribution in [2.45, 2.75) is 52.2 Å². The fourth-order valence-electron chi connectivity index (χ4n) is 3.66. The number of halogens is 1. The third-order valence-electron chi connectivity index (χ3n) is 5.22. The summed E-state index contributed by atoms with van der Waals surface area (Å²) in [5.74, 6) is -0.0683. The Morgan fingerprint density at radius 1 is 1.29 bits per heavy atom. The molecule has 3 rings (SSSR count). The Morgan fingerprint density at radius 3 is 2.74 bits per heavy atom. The number of thiophene rings is 1. The predicted molar refractivity (Wildman–Crippen MR) is 120 cm³/mol. The number of urea groups is 1. The Balaban J connectivity index is 1.77. The first-order valence-corrected chi connectivity index (χ1v) is 11.5. The number of ether oxygens (including phenoxy) is 1. The maximum absolute atomic E-state index is 13.5. The molecule has 1 atom stereocenters. The molecule has 2 aromatic rings. The van der Waals surface area contributed by atoms with Crippen LogP contribution in [-0.4, -0.2) is 53.5 Å². The average Bonchev–Trinajstić information content (AvgIpc) is 3.18. The molecular weight excluding hydrogens is 417 g/mol. The number of fused-ring (bicyclic) bond motifs is 1. The minimum atomic E-state index is -0.367. The van der Waals surface area contributed by atoms with E-state index in [1.165, 1.54) is 17.0 Å². The number of carbonyl (C=O) groups is 2. The van der Waals surface area contributed by atoms with E-state index in [1.54, 1.807) is 33.3 Å². The van der Waals surface area contributed by atoms with Gasteiger partial charge in [-0.3, -0.25) is 4.79 Å². The van der Waals surface area contributed by atoms with Crippen molar-refractivity contribution >= 4 is 23.3 Å². The number of benzene rings is 1. The van der Waals surface area contributed by atoms with Gasteiger partial charge in [-0.15, -0.1) is 11.3 Å². The zero-order valence-electron chi connectivity index (χ0n) is 18.4. The van der Waals surface area contributed by atoms with Crippen LogP contribution in [0.15, 0.2) is 35.7 Å². The summed E-state index contributed by atoms with van der Waals surface area (Å²) in [5.41, 5.74) is 1.06. The second-order valence-corrected chi connectivity index (χ2v) is 9.25. The van der Waals surface area contributed by atoms with Crippen molar-refractivity contribution in [2.75, 3.05) is 19.7 Å². The van der Waals surface area contributed by atoms with Crippen molar-refractivity contribution in [3.05, 3.63) is 52.0 Å². The highest BCUT2D eigenvalue weighted by molar-refractivity contribution is 7.10. The molecule has 0 saturated heterocycles. The van der Waals surface area contributed by atoms with Gasteiger partial charge in [0.2, 0.25) is 5.91 Å². The largest absolute Gasteiger partial charge is 0.491 e. The maximum atomic E-state index is 13.5. The molecular formula is C23H30FN3O3S. The molecule has 1 N–H and O–H groups in total. The van der Waals surface area contributed by atoms with Crippen LogP contribution in [0.1, 0.15) is 44.2 Å². The van der Waals surface area contributed by atoms with E-state index >= 15 is 0 Å². The van der Waals surface area contributed by atoms with E-state index in [-0.39, 0.29) is 49.0 Å². The van der Waals surface area contributed by atoms with Gasteiger partial charge in [-0.25, -0.2) is 9.18 Å². The number of carbonyl (C=O) groups excluding carboxylic acids is 2. The van der Waals surface area contributed by atoms with Gasteiger partial charge >= 0.3 is 6.03 Å². The average molecular weight is 448 g/mol. The molecule has 168 valence electrons. The minimum Gasteiger partial charge on any atom is -0.491 e. The Hall–Kier alpha value is -2.61. The lowest BCUT2D eigenvalue weighted by Gasteiger charge is -2.37. The summed E-state index contributed by atoms with van der Waals surface area (Å²) in [6.45, 7) is 8.34. The molecule has 31 heavy (non-hydrogen) atoms. The van der Waals surface area contributed by atoms with E-state index in [1.807, 2.05) is 39.1 Å². The lowest BCUT2D eigenvalue weighted by molar-refractivity contribution is -0.135. The van der Waals surface area contributed by atoms with Crippen LogP contribution in [0.5, 0.6) is 5.75 Å². The van der Waals surface area contributed by atoms with Crippen molar-refractivity contribution in [3.63, 3.8) is 0 Å². The summed E-state index contributed by atoms with van der Waals surface area (Å²) in [5, 5.41) is 4.88. The number of nitrogens with one attached hydrogen (secondary N) is 1. The van der Waals surface area contributed by atoms with Gasteiger partial charge in [0, 0.05) is 29.6 Å². The zero-order chi connectivity index (χ0) is 22.5. The van der Waals surface area contributed by atoms with Crippen LogP contribution in [-0.2, 0) is 11.2 Å². The van der Waals surface area contributed by atoms with Crippen LogP contribution in [0.2, 0.25) is 0 Å². The molecule has 0 spiro atoms. The molecule has 0 bridgehead atoms. The predicted octanol–water partition coefficient (Wildman–Crippen LogP) is 4.22. The van der Waals surface area contributed by atoms with Gasteiger partial charge in [0.05, 0.1) is 6.04 Å².